The van der Waals surface area contributed by atoms with E-state index in [-0.39, 0.29) is 11.8 Å². The SMILES string of the molecule is c1ccc(N(c2ccccc2)c2c3ccccc3c(N(c3ccccc3)c3ccccc3)c3nc4c(nc23)C2c3ccccc3C4c3ccccc32)cc1. The average Bonchev–Trinajstić information content (AvgIpc) is 3.25. The molecule has 3 aliphatic carbocycles. The average molecular weight is 691 g/mol. The first kappa shape index (κ1) is 30.6. The van der Waals surface area contributed by atoms with E-state index >= 15 is 0 Å². The zero-order valence-corrected chi connectivity index (χ0v) is 29.4. The molecule has 1 heterocycles. The molecule has 0 N–H and O–H groups in total. The van der Waals surface area contributed by atoms with Gasteiger partial charge in [0.1, 0.15) is 11.0 Å². The Morgan fingerprint density at radius 3 is 0.852 bits per heavy atom. The molecule has 254 valence electrons. The molecular weight excluding hydrogens is 657 g/mol. The van der Waals surface area contributed by atoms with Crippen molar-refractivity contribution in [1.82, 2.24) is 9.97 Å². The van der Waals surface area contributed by atoms with Gasteiger partial charge in [0.05, 0.1) is 34.6 Å². The lowest BCUT2D eigenvalue weighted by Crippen LogP contribution is -2.30. The quantitative estimate of drug-likeness (QED) is 0.128. The number of nitrogens with zero attached hydrogens (tertiary/aromatic N) is 4. The van der Waals surface area contributed by atoms with E-state index in [9.17, 15) is 0 Å². The van der Waals surface area contributed by atoms with Crippen molar-refractivity contribution in [1.29, 1.82) is 0 Å². The van der Waals surface area contributed by atoms with Crippen LogP contribution in [0.2, 0.25) is 0 Å². The monoisotopic (exact) mass is 690 g/mol. The molecule has 0 spiro atoms. The summed E-state index contributed by atoms with van der Waals surface area (Å²) in [5.74, 6) is -0.0309. The Bertz CT molecular complexity index is 2520. The highest BCUT2D eigenvalue weighted by Crippen LogP contribution is 2.57. The minimum absolute atomic E-state index is 0.0154. The highest BCUT2D eigenvalue weighted by Gasteiger charge is 2.44. The van der Waals surface area contributed by atoms with Crippen LogP contribution >= 0.6 is 0 Å². The summed E-state index contributed by atoms with van der Waals surface area (Å²) >= 11 is 0. The summed E-state index contributed by atoms with van der Waals surface area (Å²) < 4.78 is 0. The van der Waals surface area contributed by atoms with Crippen molar-refractivity contribution in [3.05, 3.63) is 228 Å². The standard InChI is InChI=1S/C50H34N4/c1-5-19-33(20-6-1)53(34-21-7-2-8-22-34)49-41-31-17-18-32-42(41)50(54(35-23-9-3-10-24-35)36-25-11-4-12-26-36)48-47(49)51-45-43-37-27-13-15-29-39(37)44(46(45)52-48)40-30-16-14-28-38(40)43/h1-32,43-44H. The molecule has 1 aromatic heterocycles. The van der Waals surface area contributed by atoms with Gasteiger partial charge >= 0.3 is 0 Å². The van der Waals surface area contributed by atoms with E-state index in [0.29, 0.717) is 0 Å². The van der Waals surface area contributed by atoms with Gasteiger partial charge in [0.25, 0.3) is 0 Å². The highest BCUT2D eigenvalue weighted by molar-refractivity contribution is 6.21. The Hall–Kier alpha value is -7.04. The zero-order chi connectivity index (χ0) is 35.6. The van der Waals surface area contributed by atoms with Gasteiger partial charge in [0.15, 0.2) is 0 Å². The molecule has 0 saturated carbocycles. The molecule has 4 nitrogen and oxygen atoms in total. The molecule has 54 heavy (non-hydrogen) atoms. The van der Waals surface area contributed by atoms with Crippen LogP contribution in [0.15, 0.2) is 194 Å². The number of benzene rings is 8. The summed E-state index contributed by atoms with van der Waals surface area (Å²) in [7, 11) is 0. The van der Waals surface area contributed by atoms with Gasteiger partial charge in [-0.15, -0.1) is 0 Å². The Morgan fingerprint density at radius 1 is 0.296 bits per heavy atom. The maximum Gasteiger partial charge on any atom is 0.116 e. The Kier molecular flexibility index (Phi) is 6.96. The van der Waals surface area contributed by atoms with Crippen LogP contribution in [0.4, 0.5) is 34.1 Å². The summed E-state index contributed by atoms with van der Waals surface area (Å²) in [5, 5.41) is 2.20. The van der Waals surface area contributed by atoms with Crippen LogP contribution in [0, 0.1) is 0 Å². The molecule has 3 aliphatic rings. The fourth-order valence-corrected chi connectivity index (χ4v) is 8.94. The predicted molar refractivity (Wildman–Crippen MR) is 221 cm³/mol. The van der Waals surface area contributed by atoms with E-state index in [1.54, 1.807) is 0 Å². The Balaban J connectivity index is 1.33. The number of anilines is 6. The van der Waals surface area contributed by atoms with Crippen LogP contribution in [0.5, 0.6) is 0 Å². The van der Waals surface area contributed by atoms with Crippen LogP contribution in [0.1, 0.15) is 45.5 Å². The van der Waals surface area contributed by atoms with E-state index in [4.69, 9.17) is 9.97 Å². The number of rotatable bonds is 6. The van der Waals surface area contributed by atoms with Gasteiger partial charge in [-0.1, -0.05) is 146 Å². The van der Waals surface area contributed by atoms with Crippen molar-refractivity contribution in [3.8, 4) is 0 Å². The van der Waals surface area contributed by atoms with Crippen molar-refractivity contribution in [2.45, 2.75) is 11.8 Å². The fraction of sp³-hybridized carbons (Fsp3) is 0.0400. The molecule has 0 radical (unpaired) electrons. The second-order valence-corrected chi connectivity index (χ2v) is 14.1. The van der Waals surface area contributed by atoms with Crippen molar-refractivity contribution < 1.29 is 0 Å². The molecule has 0 amide bonds. The first-order chi connectivity index (χ1) is 26.8. The van der Waals surface area contributed by atoms with Crippen LogP contribution in [0.25, 0.3) is 21.8 Å². The van der Waals surface area contributed by atoms with Crippen LogP contribution < -0.4 is 9.80 Å². The third-order valence-electron chi connectivity index (χ3n) is 11.1. The van der Waals surface area contributed by atoms with Crippen LogP contribution in [0.3, 0.4) is 0 Å². The van der Waals surface area contributed by atoms with Crippen LogP contribution in [-0.4, -0.2) is 9.97 Å². The molecule has 0 fully saturated rings. The molecule has 0 unspecified atom stereocenters. The van der Waals surface area contributed by atoms with Crippen molar-refractivity contribution in [2.75, 3.05) is 9.80 Å². The first-order valence-corrected chi connectivity index (χ1v) is 18.6. The third-order valence-corrected chi connectivity index (χ3v) is 11.1. The van der Waals surface area contributed by atoms with Gasteiger partial charge in [-0.25, -0.2) is 9.97 Å². The summed E-state index contributed by atoms with van der Waals surface area (Å²) in [5.41, 5.74) is 15.4. The smallest absolute Gasteiger partial charge is 0.116 e. The molecular formula is C50H34N4. The van der Waals surface area contributed by atoms with Gasteiger partial charge in [0.2, 0.25) is 0 Å². The van der Waals surface area contributed by atoms with E-state index in [0.717, 1.165) is 67.3 Å². The fourth-order valence-electron chi connectivity index (χ4n) is 8.94. The number of hydrogen-bond donors (Lipinski definition) is 0. The Labute approximate surface area is 314 Å². The van der Waals surface area contributed by atoms with Crippen LogP contribution in [-0.2, 0) is 0 Å². The maximum absolute atomic E-state index is 5.92. The van der Waals surface area contributed by atoms with Gasteiger partial charge < -0.3 is 9.80 Å². The van der Waals surface area contributed by atoms with E-state index in [2.05, 4.69) is 204 Å². The molecule has 0 atom stereocenters. The summed E-state index contributed by atoms with van der Waals surface area (Å²) in [6.07, 6.45) is 0. The topological polar surface area (TPSA) is 32.3 Å². The summed E-state index contributed by atoms with van der Waals surface area (Å²) in [4.78, 5) is 16.6. The normalized spacial score (nSPS) is 15.0. The Morgan fingerprint density at radius 2 is 0.556 bits per heavy atom. The molecule has 9 aromatic rings. The van der Waals surface area contributed by atoms with Crippen molar-refractivity contribution in [2.24, 2.45) is 0 Å². The lowest BCUT2D eigenvalue weighted by Gasteiger charge is -2.41. The molecule has 0 aliphatic heterocycles. The largest absolute Gasteiger partial charge is 0.308 e. The molecule has 0 saturated heterocycles. The second-order valence-electron chi connectivity index (χ2n) is 14.1. The number of hydrogen-bond acceptors (Lipinski definition) is 4. The number of aromatic nitrogens is 2. The first-order valence-electron chi connectivity index (χ1n) is 18.6. The maximum atomic E-state index is 5.92. The predicted octanol–water partition coefficient (Wildman–Crippen LogP) is 12.7. The number of fused-ring (bicyclic) bond motifs is 2. The lowest BCUT2D eigenvalue weighted by molar-refractivity contribution is 0.709. The minimum atomic E-state index is -0.0154. The van der Waals surface area contributed by atoms with Crippen molar-refractivity contribution >= 4 is 55.9 Å². The molecule has 4 heteroatoms. The van der Waals surface area contributed by atoms with Gasteiger partial charge in [-0.3, -0.25) is 0 Å². The van der Waals surface area contributed by atoms with Crippen molar-refractivity contribution in [3.63, 3.8) is 0 Å². The molecule has 2 bridgehead atoms. The van der Waals surface area contributed by atoms with E-state index in [1.807, 2.05) is 0 Å². The molecule has 12 rings (SSSR count). The lowest BCUT2D eigenvalue weighted by atomic mass is 9.64. The van der Waals surface area contributed by atoms with E-state index in [1.165, 1.54) is 22.3 Å². The third kappa shape index (κ3) is 4.56. The minimum Gasteiger partial charge on any atom is -0.308 e. The highest BCUT2D eigenvalue weighted by atomic mass is 15.2. The van der Waals surface area contributed by atoms with Gasteiger partial charge in [-0.05, 0) is 70.8 Å². The number of para-hydroxylation sites is 4. The van der Waals surface area contributed by atoms with Gasteiger partial charge in [-0.2, -0.15) is 0 Å². The van der Waals surface area contributed by atoms with Gasteiger partial charge in [0, 0.05) is 33.5 Å². The summed E-state index contributed by atoms with van der Waals surface area (Å²) in [6.45, 7) is 0. The second kappa shape index (κ2) is 12.3. The zero-order valence-electron chi connectivity index (χ0n) is 29.4. The van der Waals surface area contributed by atoms with E-state index < -0.39 is 0 Å². The molecule has 8 aromatic carbocycles. The summed E-state index contributed by atoms with van der Waals surface area (Å²) in [6, 6.07) is 69.2.